The molecule has 0 bridgehead atoms. The van der Waals surface area contributed by atoms with E-state index in [0.29, 0.717) is 5.75 Å². The molecule has 0 aliphatic heterocycles. The fourth-order valence-corrected chi connectivity index (χ4v) is 2.25. The van der Waals surface area contributed by atoms with Gasteiger partial charge in [0.2, 0.25) is 0 Å². The Morgan fingerprint density at radius 3 is 2.35 bits per heavy atom. The van der Waals surface area contributed by atoms with E-state index in [9.17, 15) is 4.39 Å². The van der Waals surface area contributed by atoms with Crippen LogP contribution in [0.2, 0.25) is 0 Å². The Balaban J connectivity index is 1.71. The second kappa shape index (κ2) is 4.21. The Morgan fingerprint density at radius 2 is 1.76 bits per heavy atom. The third-order valence-electron chi connectivity index (χ3n) is 3.05. The number of benzene rings is 2. The maximum atomic E-state index is 12.7. The van der Waals surface area contributed by atoms with Gasteiger partial charge in [0.1, 0.15) is 17.7 Å². The molecule has 0 amide bonds. The first-order chi connectivity index (χ1) is 8.31. The molecule has 0 heterocycles. The summed E-state index contributed by atoms with van der Waals surface area (Å²) in [6.45, 7) is 0. The summed E-state index contributed by atoms with van der Waals surface area (Å²) in [5.74, 6) is 0.330. The summed E-state index contributed by atoms with van der Waals surface area (Å²) in [6, 6.07) is 15.5. The van der Waals surface area contributed by atoms with Crippen molar-refractivity contribution in [1.29, 1.82) is 0 Å². The number of ether oxygens (including phenoxy) is 1. The summed E-state index contributed by atoms with van der Waals surface area (Å²) in [7, 11) is 0. The first kappa shape index (κ1) is 10.3. The van der Waals surface area contributed by atoms with Crippen molar-refractivity contribution in [2.24, 2.45) is 0 Å². The molecule has 0 aromatic heterocycles. The Morgan fingerprint density at radius 1 is 1.06 bits per heavy atom. The number of fused-ring (bicyclic) bond motifs is 1. The first-order valence-corrected chi connectivity index (χ1v) is 5.72. The Kier molecular flexibility index (Phi) is 2.56. The quantitative estimate of drug-likeness (QED) is 0.765. The molecule has 0 unspecified atom stereocenters. The standard InChI is InChI=1S/C15H12FO/c16-13-5-7-14(8-6-13)17-15-9-11-3-1-2-4-12(11)10-15/h1-7,15H,9-10H2. The summed E-state index contributed by atoms with van der Waals surface area (Å²) >= 11 is 0. The smallest absolute Gasteiger partial charge is 0.127 e. The van der Waals surface area contributed by atoms with Gasteiger partial charge in [-0.05, 0) is 29.3 Å². The normalized spacial score (nSPS) is 14.6. The lowest BCUT2D eigenvalue weighted by Crippen LogP contribution is -2.16. The predicted octanol–water partition coefficient (Wildman–Crippen LogP) is 3.17. The number of rotatable bonds is 2. The first-order valence-electron chi connectivity index (χ1n) is 5.72. The van der Waals surface area contributed by atoms with E-state index in [1.807, 2.05) is 12.1 Å². The third-order valence-corrected chi connectivity index (χ3v) is 3.05. The van der Waals surface area contributed by atoms with Crippen molar-refractivity contribution < 1.29 is 9.13 Å². The molecule has 1 nitrogen and oxygen atoms in total. The minimum absolute atomic E-state index is 0.147. The van der Waals surface area contributed by atoms with Crippen molar-refractivity contribution in [3.05, 3.63) is 65.5 Å². The van der Waals surface area contributed by atoms with E-state index in [1.165, 1.54) is 23.3 Å². The molecule has 1 radical (unpaired) electrons. The van der Waals surface area contributed by atoms with Gasteiger partial charge in [0.15, 0.2) is 0 Å². The van der Waals surface area contributed by atoms with Gasteiger partial charge in [-0.2, -0.15) is 0 Å². The molecule has 1 aliphatic carbocycles. The third kappa shape index (κ3) is 2.16. The lowest BCUT2D eigenvalue weighted by Gasteiger charge is -2.12. The van der Waals surface area contributed by atoms with Crippen molar-refractivity contribution in [3.8, 4) is 5.75 Å². The SMILES string of the molecule is Fc1c[c]c(OC2Cc3ccccc3C2)cc1. The summed E-state index contributed by atoms with van der Waals surface area (Å²) in [5, 5.41) is 0. The van der Waals surface area contributed by atoms with Crippen molar-refractivity contribution in [1.82, 2.24) is 0 Å². The number of halogens is 1. The highest BCUT2D eigenvalue weighted by atomic mass is 19.1. The van der Waals surface area contributed by atoms with E-state index in [4.69, 9.17) is 4.74 Å². The molecular weight excluding hydrogens is 215 g/mol. The van der Waals surface area contributed by atoms with Gasteiger partial charge >= 0.3 is 0 Å². The molecule has 0 atom stereocenters. The molecule has 0 N–H and O–H groups in total. The lowest BCUT2D eigenvalue weighted by molar-refractivity contribution is 0.213. The second-order valence-corrected chi connectivity index (χ2v) is 4.29. The Labute approximate surface area is 99.9 Å². The van der Waals surface area contributed by atoms with E-state index in [1.54, 1.807) is 6.07 Å². The van der Waals surface area contributed by atoms with Crippen molar-refractivity contribution in [2.45, 2.75) is 18.9 Å². The fraction of sp³-hybridized carbons (Fsp3) is 0.200. The maximum Gasteiger partial charge on any atom is 0.127 e. The molecule has 3 rings (SSSR count). The van der Waals surface area contributed by atoms with Crippen molar-refractivity contribution in [2.75, 3.05) is 0 Å². The van der Waals surface area contributed by atoms with Crippen LogP contribution in [0.4, 0.5) is 4.39 Å². The summed E-state index contributed by atoms with van der Waals surface area (Å²) in [6.07, 6.45) is 1.98. The van der Waals surface area contributed by atoms with Crippen LogP contribution in [0.5, 0.6) is 5.75 Å². The largest absolute Gasteiger partial charge is 0.489 e. The van der Waals surface area contributed by atoms with Gasteiger partial charge in [-0.3, -0.25) is 0 Å². The van der Waals surface area contributed by atoms with Crippen LogP contribution in [0.3, 0.4) is 0 Å². The van der Waals surface area contributed by atoms with Gasteiger partial charge in [-0.15, -0.1) is 0 Å². The van der Waals surface area contributed by atoms with Gasteiger partial charge in [0, 0.05) is 18.9 Å². The minimum atomic E-state index is -0.285. The molecule has 85 valence electrons. The van der Waals surface area contributed by atoms with Crippen LogP contribution in [0, 0.1) is 11.9 Å². The summed E-state index contributed by atoms with van der Waals surface area (Å²) in [4.78, 5) is 0. The van der Waals surface area contributed by atoms with Gasteiger partial charge in [-0.1, -0.05) is 24.3 Å². The molecule has 0 saturated heterocycles. The molecule has 2 aromatic rings. The fourth-order valence-electron chi connectivity index (χ4n) is 2.25. The molecule has 1 aliphatic rings. The van der Waals surface area contributed by atoms with E-state index in [-0.39, 0.29) is 11.9 Å². The van der Waals surface area contributed by atoms with E-state index in [0.717, 1.165) is 12.8 Å². The van der Waals surface area contributed by atoms with Crippen LogP contribution in [-0.2, 0) is 12.8 Å². The summed E-state index contributed by atoms with van der Waals surface area (Å²) < 4.78 is 18.5. The van der Waals surface area contributed by atoms with Crippen molar-refractivity contribution in [3.63, 3.8) is 0 Å². The molecule has 2 heteroatoms. The topological polar surface area (TPSA) is 9.23 Å². The minimum Gasteiger partial charge on any atom is -0.489 e. The zero-order valence-corrected chi connectivity index (χ0v) is 9.32. The molecule has 0 spiro atoms. The van der Waals surface area contributed by atoms with Crippen LogP contribution in [0.25, 0.3) is 0 Å². The molecule has 2 aromatic carbocycles. The van der Waals surface area contributed by atoms with E-state index >= 15 is 0 Å². The lowest BCUT2D eigenvalue weighted by atomic mass is 10.1. The highest BCUT2D eigenvalue weighted by Gasteiger charge is 2.22. The van der Waals surface area contributed by atoms with Crippen LogP contribution < -0.4 is 4.74 Å². The average Bonchev–Trinajstić information content (AvgIpc) is 2.74. The van der Waals surface area contributed by atoms with E-state index in [2.05, 4.69) is 18.2 Å². The van der Waals surface area contributed by atoms with Gasteiger partial charge in [-0.25, -0.2) is 4.39 Å². The Hall–Kier alpha value is -1.83. The number of hydrogen-bond donors (Lipinski definition) is 0. The molecule has 0 fully saturated rings. The van der Waals surface area contributed by atoms with Gasteiger partial charge < -0.3 is 4.74 Å². The van der Waals surface area contributed by atoms with Crippen LogP contribution in [0.1, 0.15) is 11.1 Å². The van der Waals surface area contributed by atoms with E-state index < -0.39 is 0 Å². The monoisotopic (exact) mass is 227 g/mol. The highest BCUT2D eigenvalue weighted by molar-refractivity contribution is 5.33. The second-order valence-electron chi connectivity index (χ2n) is 4.29. The molecule has 0 saturated carbocycles. The van der Waals surface area contributed by atoms with Crippen LogP contribution in [-0.4, -0.2) is 6.10 Å². The van der Waals surface area contributed by atoms with Gasteiger partial charge in [0.05, 0.1) is 0 Å². The van der Waals surface area contributed by atoms with Crippen molar-refractivity contribution >= 4 is 0 Å². The summed E-state index contributed by atoms with van der Waals surface area (Å²) in [5.41, 5.74) is 2.69. The van der Waals surface area contributed by atoms with Gasteiger partial charge in [0.25, 0.3) is 0 Å². The zero-order valence-electron chi connectivity index (χ0n) is 9.32. The molecular formula is C15H12FO. The Bertz CT molecular complexity index is 494. The average molecular weight is 227 g/mol. The highest BCUT2D eigenvalue weighted by Crippen LogP contribution is 2.25. The van der Waals surface area contributed by atoms with Crippen LogP contribution in [0.15, 0.2) is 42.5 Å². The van der Waals surface area contributed by atoms with Crippen LogP contribution >= 0.6 is 0 Å². The maximum absolute atomic E-state index is 12.7. The number of hydrogen-bond acceptors (Lipinski definition) is 1. The predicted molar refractivity (Wildman–Crippen MR) is 63.5 cm³/mol. The zero-order chi connectivity index (χ0) is 11.7. The molecule has 17 heavy (non-hydrogen) atoms.